The topological polar surface area (TPSA) is 63.1 Å². The molecule has 0 atom stereocenters. The van der Waals surface area contributed by atoms with E-state index in [4.69, 9.17) is 9.97 Å². The third-order valence-electron chi connectivity index (χ3n) is 10.9. The Morgan fingerprint density at radius 1 is 0.902 bits per heavy atom. The molecule has 3 aromatic carbocycles. The van der Waals surface area contributed by atoms with Crippen LogP contribution in [0.3, 0.4) is 0 Å². The fourth-order valence-corrected chi connectivity index (χ4v) is 11.4. The van der Waals surface area contributed by atoms with Crippen LogP contribution in [0.25, 0.3) is 42.3 Å². The van der Waals surface area contributed by atoms with E-state index < -0.39 is 8.07 Å². The minimum atomic E-state index is -1.59. The number of carbonyl (C=O) groups excluding carboxylic acids is 1. The average Bonchev–Trinajstić information content (AvgIpc) is 3.51. The molecule has 7 heteroatoms. The van der Waals surface area contributed by atoms with E-state index in [1.807, 2.05) is 39.0 Å². The Morgan fingerprint density at radius 2 is 1.53 bits per heavy atom. The number of aryl methyl sites for hydroxylation is 1. The Hall–Kier alpha value is -2.70. The zero-order chi connectivity index (χ0) is 36.8. The van der Waals surface area contributed by atoms with Crippen molar-refractivity contribution >= 4 is 61.5 Å². The van der Waals surface area contributed by atoms with Gasteiger partial charge in [0.05, 0.1) is 19.3 Å². The largest absolute Gasteiger partial charge is 0.512 e. The van der Waals surface area contributed by atoms with Gasteiger partial charge in [0, 0.05) is 58.5 Å². The van der Waals surface area contributed by atoms with Crippen molar-refractivity contribution in [1.82, 2.24) is 9.97 Å². The molecule has 1 aliphatic rings. The summed E-state index contributed by atoms with van der Waals surface area (Å²) >= 11 is 1.88. The van der Waals surface area contributed by atoms with Crippen molar-refractivity contribution in [2.24, 2.45) is 11.8 Å². The number of allylic oxidation sites excluding steroid dienone is 2. The molecule has 0 bridgehead atoms. The Morgan fingerprint density at radius 3 is 2.14 bits per heavy atom. The summed E-state index contributed by atoms with van der Waals surface area (Å²) in [5.41, 5.74) is 7.78. The predicted molar refractivity (Wildman–Crippen MR) is 219 cm³/mol. The first-order valence-corrected chi connectivity index (χ1v) is 22.9. The van der Waals surface area contributed by atoms with Crippen molar-refractivity contribution in [2.75, 3.05) is 0 Å². The second kappa shape index (κ2) is 15.7. The van der Waals surface area contributed by atoms with Crippen molar-refractivity contribution in [3.05, 3.63) is 77.3 Å². The number of fused-ring (bicyclic) bond motifs is 6. The summed E-state index contributed by atoms with van der Waals surface area (Å²) in [6.45, 7) is 27.1. The number of benzene rings is 3. The summed E-state index contributed by atoms with van der Waals surface area (Å²) in [4.78, 5) is 21.4. The first-order chi connectivity index (χ1) is 23.5. The van der Waals surface area contributed by atoms with E-state index in [9.17, 15) is 9.90 Å². The fraction of sp³-hybridized carbons (Fsp3) is 0.477. The SMILES string of the molecule is CCC(CC)C(=O)/C=C(\O)C(CC)CC.Cc1ccc2c([Si](C)(C)C)cc(-c3ncnc4c3sc3c5c(ccc34)C(C)(C)CC5(C)C)[c-]c2c1.[Ir]. The molecule has 0 spiro atoms. The van der Waals surface area contributed by atoms with Crippen LogP contribution in [-0.4, -0.2) is 28.9 Å². The van der Waals surface area contributed by atoms with E-state index in [-0.39, 0.29) is 54.3 Å². The molecule has 0 fully saturated rings. The first-order valence-electron chi connectivity index (χ1n) is 18.6. The number of aliphatic hydroxyl groups excluding tert-OH is 1. The number of carbonyl (C=O) groups is 1. The molecule has 0 amide bonds. The van der Waals surface area contributed by atoms with Crippen molar-refractivity contribution in [3.63, 3.8) is 0 Å². The van der Waals surface area contributed by atoms with E-state index in [0.29, 0.717) is 0 Å². The molecule has 0 saturated heterocycles. The first kappa shape index (κ1) is 41.1. The molecule has 4 nitrogen and oxygen atoms in total. The summed E-state index contributed by atoms with van der Waals surface area (Å²) in [6.07, 6.45) is 7.82. The van der Waals surface area contributed by atoms with Gasteiger partial charge < -0.3 is 5.11 Å². The van der Waals surface area contributed by atoms with Crippen LogP contribution in [0.2, 0.25) is 19.6 Å². The van der Waals surface area contributed by atoms with Gasteiger partial charge in [0.1, 0.15) is 6.33 Å². The molecule has 2 heterocycles. The number of thiophene rings is 1. The second-order valence-corrected chi connectivity index (χ2v) is 22.8. The molecule has 1 radical (unpaired) electrons. The van der Waals surface area contributed by atoms with Crippen LogP contribution in [0.5, 0.6) is 0 Å². The number of rotatable bonds is 9. The molecule has 0 saturated carbocycles. The van der Waals surface area contributed by atoms with Gasteiger partial charge in [-0.1, -0.05) is 116 Å². The van der Waals surface area contributed by atoms with E-state index in [1.165, 1.54) is 59.9 Å². The van der Waals surface area contributed by atoms with Gasteiger partial charge in [-0.25, -0.2) is 4.98 Å². The van der Waals surface area contributed by atoms with Gasteiger partial charge in [-0.05, 0) is 61.0 Å². The maximum Gasteiger partial charge on any atom is 0.162 e. The number of hydrogen-bond acceptors (Lipinski definition) is 5. The zero-order valence-corrected chi connectivity index (χ0v) is 37.0. The third-order valence-corrected chi connectivity index (χ3v) is 14.1. The van der Waals surface area contributed by atoms with Crippen LogP contribution in [0.15, 0.2) is 54.6 Å². The van der Waals surface area contributed by atoms with Gasteiger partial charge in [-0.15, -0.1) is 40.1 Å². The second-order valence-electron chi connectivity index (χ2n) is 16.7. The number of aromatic nitrogens is 2. The summed E-state index contributed by atoms with van der Waals surface area (Å²) < 4.78 is 2.57. The van der Waals surface area contributed by atoms with Crippen molar-refractivity contribution in [3.8, 4) is 11.3 Å². The van der Waals surface area contributed by atoms with Crippen LogP contribution in [0.1, 0.15) is 104 Å². The van der Waals surface area contributed by atoms with Gasteiger partial charge in [0.2, 0.25) is 0 Å². The Balaban J connectivity index is 0.000000312. The Kier molecular flexibility index (Phi) is 12.7. The summed E-state index contributed by atoms with van der Waals surface area (Å²) in [7, 11) is -1.59. The number of hydrogen-bond donors (Lipinski definition) is 1. The molecular formula is C44H57IrN2O2SSi-. The molecule has 5 aromatic rings. The Labute approximate surface area is 324 Å². The van der Waals surface area contributed by atoms with Crippen molar-refractivity contribution < 1.29 is 30.0 Å². The maximum absolute atomic E-state index is 11.7. The molecule has 2 aromatic heterocycles. The van der Waals surface area contributed by atoms with Crippen molar-refractivity contribution in [1.29, 1.82) is 0 Å². The normalized spacial score (nSPS) is 15.3. The van der Waals surface area contributed by atoms with E-state index in [0.717, 1.165) is 42.5 Å². The minimum absolute atomic E-state index is 0. The van der Waals surface area contributed by atoms with Crippen molar-refractivity contribution in [2.45, 2.75) is 125 Å². The quantitative estimate of drug-likeness (QED) is 0.0693. The summed E-state index contributed by atoms with van der Waals surface area (Å²) in [6, 6.07) is 17.5. The average molecular weight is 898 g/mol. The van der Waals surface area contributed by atoms with Gasteiger partial charge in [0.15, 0.2) is 5.78 Å². The van der Waals surface area contributed by atoms with Crippen LogP contribution in [0.4, 0.5) is 0 Å². The van der Waals surface area contributed by atoms with Gasteiger partial charge in [0.25, 0.3) is 0 Å². The molecule has 275 valence electrons. The fourth-order valence-electron chi connectivity index (χ4n) is 8.28. The van der Waals surface area contributed by atoms with Crippen LogP contribution in [-0.2, 0) is 35.7 Å². The van der Waals surface area contributed by atoms with Gasteiger partial charge >= 0.3 is 0 Å². The monoisotopic (exact) mass is 898 g/mol. The molecule has 6 rings (SSSR count). The van der Waals surface area contributed by atoms with E-state index in [2.05, 4.69) is 96.7 Å². The molecule has 0 aliphatic heterocycles. The number of aliphatic hydroxyl groups is 1. The van der Waals surface area contributed by atoms with E-state index >= 15 is 0 Å². The molecule has 51 heavy (non-hydrogen) atoms. The van der Waals surface area contributed by atoms with Gasteiger partial charge in [-0.2, -0.15) is 0 Å². The molecule has 0 unspecified atom stereocenters. The molecule has 1 aliphatic carbocycles. The van der Waals surface area contributed by atoms with E-state index in [1.54, 1.807) is 6.33 Å². The number of nitrogens with zero attached hydrogens (tertiary/aromatic N) is 2. The predicted octanol–water partition coefficient (Wildman–Crippen LogP) is 12.1. The summed E-state index contributed by atoms with van der Waals surface area (Å²) in [5.74, 6) is 0.547. The molecular weight excluding hydrogens is 841 g/mol. The molecule has 1 N–H and O–H groups in total. The maximum atomic E-state index is 11.7. The van der Waals surface area contributed by atoms with Gasteiger partial charge in [-0.3, -0.25) is 9.78 Å². The zero-order valence-electron chi connectivity index (χ0n) is 32.8. The van der Waals surface area contributed by atoms with Crippen LogP contribution < -0.4 is 5.19 Å². The number of ketones is 1. The minimum Gasteiger partial charge on any atom is -0.512 e. The van der Waals surface area contributed by atoms with Crippen LogP contribution >= 0.6 is 11.3 Å². The smallest absolute Gasteiger partial charge is 0.162 e. The van der Waals surface area contributed by atoms with Crippen LogP contribution in [0, 0.1) is 24.8 Å². The Bertz CT molecular complexity index is 2080. The third kappa shape index (κ3) is 8.12. The standard InChI is InChI=1S/C31H33N2SSi.C13H24O2.Ir/c1-18-9-10-21-19(13-18)14-20(15-24(21)35(6,7)8)26-29-27(33-17-32-26)22-11-12-23-25(28(22)34-29)31(4,5)16-30(23,2)3;1-5-10(6-2)12(14)9-13(15)11(7-3)8-4;/h9-13,15,17H,16H2,1-8H3;9-11,14H,5-8H2,1-4H3;/q-1;;/b;12-9-;. The summed E-state index contributed by atoms with van der Waals surface area (Å²) in [5, 5.41) is 15.0.